The highest BCUT2D eigenvalue weighted by atomic mass is 79.9. The molecule has 31 heavy (non-hydrogen) atoms. The largest absolute Gasteiger partial charge is 0.484 e. The van der Waals surface area contributed by atoms with E-state index in [1.165, 1.54) is 0 Å². The number of carbonyl (C=O) groups is 2. The Balaban J connectivity index is 1.71. The zero-order chi connectivity index (χ0) is 22.4. The van der Waals surface area contributed by atoms with Crippen molar-refractivity contribution in [3.63, 3.8) is 0 Å². The van der Waals surface area contributed by atoms with Gasteiger partial charge < -0.3 is 15.0 Å². The molecule has 0 heterocycles. The highest BCUT2D eigenvalue weighted by molar-refractivity contribution is 9.10. The summed E-state index contributed by atoms with van der Waals surface area (Å²) in [4.78, 5) is 27.6. The minimum Gasteiger partial charge on any atom is -0.484 e. The van der Waals surface area contributed by atoms with Crippen LogP contribution in [-0.2, 0) is 16.1 Å². The van der Waals surface area contributed by atoms with E-state index >= 15 is 0 Å². The normalized spacial score (nSPS) is 14.8. The van der Waals surface area contributed by atoms with Gasteiger partial charge in [-0.2, -0.15) is 0 Å². The lowest BCUT2D eigenvalue weighted by Crippen LogP contribution is -2.50. The molecule has 0 spiro atoms. The lowest BCUT2D eigenvalue weighted by Gasteiger charge is -2.29. The Morgan fingerprint density at radius 3 is 2.35 bits per heavy atom. The Kier molecular flexibility index (Phi) is 8.13. The smallest absolute Gasteiger partial charge is 0.261 e. The fourth-order valence-electron chi connectivity index (χ4n) is 3.97. The quantitative estimate of drug-likeness (QED) is 0.575. The number of halogens is 1. The summed E-state index contributed by atoms with van der Waals surface area (Å²) in [5, 5.41) is 3.12. The van der Waals surface area contributed by atoms with E-state index in [9.17, 15) is 9.59 Å². The van der Waals surface area contributed by atoms with Crippen molar-refractivity contribution in [3.8, 4) is 5.75 Å². The van der Waals surface area contributed by atoms with Crippen LogP contribution in [0.15, 0.2) is 46.9 Å². The van der Waals surface area contributed by atoms with Crippen LogP contribution in [0.5, 0.6) is 5.75 Å². The van der Waals surface area contributed by atoms with E-state index in [0.717, 1.165) is 46.8 Å². The maximum Gasteiger partial charge on any atom is 0.261 e. The van der Waals surface area contributed by atoms with Crippen molar-refractivity contribution < 1.29 is 14.3 Å². The molecule has 3 rings (SSSR count). The fraction of sp³-hybridized carbons (Fsp3) is 0.440. The summed E-state index contributed by atoms with van der Waals surface area (Å²) < 4.78 is 6.86. The molecule has 5 nitrogen and oxygen atoms in total. The van der Waals surface area contributed by atoms with Gasteiger partial charge in [0.25, 0.3) is 5.91 Å². The van der Waals surface area contributed by atoms with Gasteiger partial charge in [-0.3, -0.25) is 9.59 Å². The minimum absolute atomic E-state index is 0.105. The van der Waals surface area contributed by atoms with E-state index in [1.54, 1.807) is 11.8 Å². The fourth-order valence-corrected chi connectivity index (χ4v) is 4.20. The lowest BCUT2D eigenvalue weighted by atomic mass is 10.1. The van der Waals surface area contributed by atoms with Crippen molar-refractivity contribution >= 4 is 27.7 Å². The molecule has 0 saturated heterocycles. The van der Waals surface area contributed by atoms with Crippen molar-refractivity contribution in [1.82, 2.24) is 10.2 Å². The van der Waals surface area contributed by atoms with Crippen LogP contribution in [0.25, 0.3) is 0 Å². The van der Waals surface area contributed by atoms with Gasteiger partial charge in [0.05, 0.1) is 0 Å². The number of benzene rings is 2. The molecular weight excluding hydrogens is 456 g/mol. The molecule has 1 atom stereocenters. The molecule has 1 fully saturated rings. The zero-order valence-corrected chi connectivity index (χ0v) is 20.1. The van der Waals surface area contributed by atoms with Crippen LogP contribution in [0.4, 0.5) is 0 Å². The monoisotopic (exact) mass is 486 g/mol. The van der Waals surface area contributed by atoms with Gasteiger partial charge in [0.1, 0.15) is 11.8 Å². The van der Waals surface area contributed by atoms with Crippen molar-refractivity contribution in [3.05, 3.63) is 63.6 Å². The second-order valence-electron chi connectivity index (χ2n) is 8.33. The van der Waals surface area contributed by atoms with Gasteiger partial charge in [-0.1, -0.05) is 59.1 Å². The number of rotatable bonds is 8. The molecule has 0 radical (unpaired) electrons. The zero-order valence-electron chi connectivity index (χ0n) is 18.5. The highest BCUT2D eigenvalue weighted by Crippen LogP contribution is 2.26. The average molecular weight is 487 g/mol. The molecule has 6 heteroatoms. The van der Waals surface area contributed by atoms with Crippen molar-refractivity contribution in [1.29, 1.82) is 0 Å². The maximum atomic E-state index is 13.2. The summed E-state index contributed by atoms with van der Waals surface area (Å²) in [6, 6.07) is 13.2. The van der Waals surface area contributed by atoms with Gasteiger partial charge in [-0.15, -0.1) is 0 Å². The predicted molar refractivity (Wildman–Crippen MR) is 126 cm³/mol. The highest BCUT2D eigenvalue weighted by Gasteiger charge is 2.28. The molecule has 1 N–H and O–H groups in total. The molecule has 2 aromatic carbocycles. The molecule has 1 aliphatic carbocycles. The number of amides is 2. The Bertz CT molecular complexity index is 887. The third kappa shape index (κ3) is 6.33. The van der Waals surface area contributed by atoms with Gasteiger partial charge in [-0.05, 0) is 62.4 Å². The third-order valence-electron chi connectivity index (χ3n) is 5.84. The predicted octanol–water partition coefficient (Wildman–Crippen LogP) is 4.92. The van der Waals surface area contributed by atoms with E-state index < -0.39 is 6.04 Å². The van der Waals surface area contributed by atoms with Gasteiger partial charge in [0, 0.05) is 17.1 Å². The summed E-state index contributed by atoms with van der Waals surface area (Å²) in [5.41, 5.74) is 3.08. The summed E-state index contributed by atoms with van der Waals surface area (Å²) in [6.07, 6.45) is 4.31. The first kappa shape index (κ1) is 23.3. The van der Waals surface area contributed by atoms with Gasteiger partial charge >= 0.3 is 0 Å². The van der Waals surface area contributed by atoms with Gasteiger partial charge in [0.2, 0.25) is 5.91 Å². The summed E-state index contributed by atoms with van der Waals surface area (Å²) in [6.45, 7) is 6.01. The first-order valence-corrected chi connectivity index (χ1v) is 11.7. The lowest BCUT2D eigenvalue weighted by molar-refractivity contribution is -0.142. The van der Waals surface area contributed by atoms with Crippen molar-refractivity contribution in [2.24, 2.45) is 0 Å². The summed E-state index contributed by atoms with van der Waals surface area (Å²) >= 11 is 3.55. The maximum absolute atomic E-state index is 13.2. The Hall–Kier alpha value is -2.34. The van der Waals surface area contributed by atoms with Crippen LogP contribution in [0.1, 0.15) is 49.3 Å². The molecule has 2 amide bonds. The van der Waals surface area contributed by atoms with E-state index in [1.807, 2.05) is 56.3 Å². The first-order chi connectivity index (χ1) is 14.8. The van der Waals surface area contributed by atoms with E-state index in [0.29, 0.717) is 12.3 Å². The number of carbonyl (C=O) groups excluding carboxylic acids is 2. The Labute approximate surface area is 193 Å². The molecule has 2 aromatic rings. The molecule has 0 unspecified atom stereocenters. The van der Waals surface area contributed by atoms with Crippen molar-refractivity contribution in [2.75, 3.05) is 6.61 Å². The standard InChI is InChI=1S/C25H31BrN2O3/c1-17-13-22(14-18(2)24(17)26)31-16-23(29)28(15-20-9-5-4-6-10-20)19(3)25(30)27-21-11-7-8-12-21/h4-6,9-10,13-14,19,21H,7-8,11-12,15-16H2,1-3H3,(H,27,30)/t19-/m1/s1. The molecular formula is C25H31BrN2O3. The Morgan fingerprint density at radius 1 is 1.13 bits per heavy atom. The number of hydrogen-bond acceptors (Lipinski definition) is 3. The van der Waals surface area contributed by atoms with Crippen LogP contribution < -0.4 is 10.1 Å². The second kappa shape index (κ2) is 10.8. The van der Waals surface area contributed by atoms with E-state index in [2.05, 4.69) is 21.2 Å². The van der Waals surface area contributed by atoms with E-state index in [4.69, 9.17) is 4.74 Å². The number of nitrogens with one attached hydrogen (secondary N) is 1. The Morgan fingerprint density at radius 2 is 1.74 bits per heavy atom. The topological polar surface area (TPSA) is 58.6 Å². The molecule has 0 aliphatic heterocycles. The molecule has 1 saturated carbocycles. The summed E-state index contributed by atoms with van der Waals surface area (Å²) in [7, 11) is 0. The molecule has 166 valence electrons. The molecule has 1 aliphatic rings. The number of hydrogen-bond donors (Lipinski definition) is 1. The number of ether oxygens (including phenoxy) is 1. The van der Waals surface area contributed by atoms with Gasteiger partial charge in [0.15, 0.2) is 6.61 Å². The van der Waals surface area contributed by atoms with Crippen LogP contribution in [0.2, 0.25) is 0 Å². The summed E-state index contributed by atoms with van der Waals surface area (Å²) in [5.74, 6) is 0.330. The second-order valence-corrected chi connectivity index (χ2v) is 9.13. The first-order valence-electron chi connectivity index (χ1n) is 10.9. The van der Waals surface area contributed by atoms with Crippen LogP contribution in [0.3, 0.4) is 0 Å². The molecule has 0 aromatic heterocycles. The molecule has 0 bridgehead atoms. The number of nitrogens with zero attached hydrogens (tertiary/aromatic N) is 1. The van der Waals surface area contributed by atoms with Crippen LogP contribution in [0, 0.1) is 13.8 Å². The van der Waals surface area contributed by atoms with Crippen molar-refractivity contribution in [2.45, 2.75) is 65.1 Å². The minimum atomic E-state index is -0.578. The number of aryl methyl sites for hydroxylation is 2. The van der Waals surface area contributed by atoms with Gasteiger partial charge in [-0.25, -0.2) is 0 Å². The van der Waals surface area contributed by atoms with E-state index in [-0.39, 0.29) is 24.5 Å². The SMILES string of the molecule is Cc1cc(OCC(=O)N(Cc2ccccc2)[C@H](C)C(=O)NC2CCCC2)cc(C)c1Br. The van der Waals surface area contributed by atoms with Crippen LogP contribution in [-0.4, -0.2) is 35.4 Å². The average Bonchev–Trinajstić information content (AvgIpc) is 3.27. The third-order valence-corrected chi connectivity index (χ3v) is 7.09. The van der Waals surface area contributed by atoms with Crippen LogP contribution >= 0.6 is 15.9 Å².